The molecule has 20 heavy (non-hydrogen) atoms. The van der Waals surface area contributed by atoms with Gasteiger partial charge in [-0.2, -0.15) is 0 Å². The Balaban J connectivity index is 1.76. The smallest absolute Gasteiger partial charge is 0.254 e. The summed E-state index contributed by atoms with van der Waals surface area (Å²) in [4.78, 5) is 14.8. The SMILES string of the molecule is CC1CCC(N(C(=O)c2ccc(F)cc2)C2CC2)CC1. The van der Waals surface area contributed by atoms with Crippen molar-refractivity contribution in [2.45, 2.75) is 57.5 Å². The Morgan fingerprint density at radius 1 is 1.00 bits per heavy atom. The van der Waals surface area contributed by atoms with Gasteiger partial charge in [-0.15, -0.1) is 0 Å². The van der Waals surface area contributed by atoms with E-state index in [9.17, 15) is 9.18 Å². The molecule has 0 unspecified atom stereocenters. The Morgan fingerprint density at radius 3 is 2.00 bits per heavy atom. The van der Waals surface area contributed by atoms with Crippen LogP contribution in [0.4, 0.5) is 4.39 Å². The summed E-state index contributed by atoms with van der Waals surface area (Å²) in [7, 11) is 0. The lowest BCUT2D eigenvalue weighted by molar-refractivity contribution is 0.0593. The average molecular weight is 275 g/mol. The van der Waals surface area contributed by atoms with Gasteiger partial charge < -0.3 is 4.90 Å². The highest BCUT2D eigenvalue weighted by Gasteiger charge is 2.38. The van der Waals surface area contributed by atoms with Crippen molar-refractivity contribution in [1.29, 1.82) is 0 Å². The molecule has 2 fully saturated rings. The lowest BCUT2D eigenvalue weighted by atomic mass is 9.86. The van der Waals surface area contributed by atoms with Crippen molar-refractivity contribution in [3.8, 4) is 0 Å². The second-order valence-corrected chi connectivity index (χ2v) is 6.36. The average Bonchev–Trinajstić information content (AvgIpc) is 3.26. The van der Waals surface area contributed by atoms with Crippen molar-refractivity contribution in [3.63, 3.8) is 0 Å². The molecule has 0 radical (unpaired) electrons. The normalized spacial score (nSPS) is 26.3. The van der Waals surface area contributed by atoms with Crippen LogP contribution in [0.1, 0.15) is 55.8 Å². The zero-order valence-corrected chi connectivity index (χ0v) is 12.0. The number of carbonyl (C=O) groups is 1. The van der Waals surface area contributed by atoms with Gasteiger partial charge in [0.1, 0.15) is 5.82 Å². The molecule has 2 aliphatic carbocycles. The quantitative estimate of drug-likeness (QED) is 0.816. The molecular formula is C17H22FNO. The fraction of sp³-hybridized carbons (Fsp3) is 0.588. The molecule has 2 nitrogen and oxygen atoms in total. The monoisotopic (exact) mass is 275 g/mol. The van der Waals surface area contributed by atoms with Crippen molar-refractivity contribution in [1.82, 2.24) is 4.90 Å². The molecule has 108 valence electrons. The highest BCUT2D eigenvalue weighted by atomic mass is 19.1. The summed E-state index contributed by atoms with van der Waals surface area (Å²) in [6, 6.07) is 6.78. The van der Waals surface area contributed by atoms with E-state index in [0.717, 1.165) is 31.6 Å². The van der Waals surface area contributed by atoms with Crippen LogP contribution >= 0.6 is 0 Å². The zero-order valence-electron chi connectivity index (χ0n) is 12.0. The lowest BCUT2D eigenvalue weighted by Gasteiger charge is -2.36. The van der Waals surface area contributed by atoms with Gasteiger partial charge in [-0.1, -0.05) is 6.92 Å². The predicted molar refractivity (Wildman–Crippen MR) is 77.0 cm³/mol. The Kier molecular flexibility index (Phi) is 3.77. The number of halogens is 1. The van der Waals surface area contributed by atoms with Gasteiger partial charge >= 0.3 is 0 Å². The van der Waals surface area contributed by atoms with Crippen molar-refractivity contribution < 1.29 is 9.18 Å². The van der Waals surface area contributed by atoms with Gasteiger partial charge in [0.2, 0.25) is 0 Å². The second kappa shape index (κ2) is 5.55. The maximum Gasteiger partial charge on any atom is 0.254 e. The molecule has 0 atom stereocenters. The number of rotatable bonds is 3. The standard InChI is InChI=1S/C17H22FNO/c1-12-2-8-15(9-3-12)19(16-10-11-16)17(20)13-4-6-14(18)7-5-13/h4-7,12,15-16H,2-3,8-11H2,1H3. The van der Waals surface area contributed by atoms with E-state index in [2.05, 4.69) is 11.8 Å². The van der Waals surface area contributed by atoms with Crippen LogP contribution in [0, 0.1) is 11.7 Å². The molecule has 1 aromatic carbocycles. The first kappa shape index (κ1) is 13.6. The third-order valence-electron chi connectivity index (χ3n) is 4.64. The molecule has 1 amide bonds. The first-order valence-corrected chi connectivity index (χ1v) is 7.73. The van der Waals surface area contributed by atoms with Crippen LogP contribution in [0.15, 0.2) is 24.3 Å². The Bertz CT molecular complexity index is 472. The highest BCUT2D eigenvalue weighted by Crippen LogP contribution is 2.36. The van der Waals surface area contributed by atoms with Gasteiger partial charge in [0, 0.05) is 17.6 Å². The molecule has 0 aromatic heterocycles. The van der Waals surface area contributed by atoms with Gasteiger partial charge in [-0.3, -0.25) is 4.79 Å². The van der Waals surface area contributed by atoms with Crippen LogP contribution in [0.5, 0.6) is 0 Å². The van der Waals surface area contributed by atoms with Gasteiger partial charge in [-0.05, 0) is 68.7 Å². The first-order chi connectivity index (χ1) is 9.65. The van der Waals surface area contributed by atoms with Crippen molar-refractivity contribution in [2.24, 2.45) is 5.92 Å². The van der Waals surface area contributed by atoms with E-state index < -0.39 is 0 Å². The molecule has 3 heteroatoms. The van der Waals surface area contributed by atoms with Gasteiger partial charge in [0.15, 0.2) is 0 Å². The van der Waals surface area contributed by atoms with Crippen molar-refractivity contribution >= 4 is 5.91 Å². The summed E-state index contributed by atoms with van der Waals surface area (Å²) in [6.45, 7) is 2.29. The number of carbonyl (C=O) groups excluding carboxylic acids is 1. The molecular weight excluding hydrogens is 253 g/mol. The third kappa shape index (κ3) is 2.87. The first-order valence-electron chi connectivity index (χ1n) is 7.73. The molecule has 3 rings (SSSR count). The molecule has 0 saturated heterocycles. The summed E-state index contributed by atoms with van der Waals surface area (Å²) in [5.74, 6) is 0.589. The summed E-state index contributed by atoms with van der Waals surface area (Å²) < 4.78 is 13.0. The van der Waals surface area contributed by atoms with E-state index in [4.69, 9.17) is 0 Å². The fourth-order valence-electron chi connectivity index (χ4n) is 3.24. The van der Waals surface area contributed by atoms with E-state index in [-0.39, 0.29) is 11.7 Å². The van der Waals surface area contributed by atoms with Crippen LogP contribution in [0.25, 0.3) is 0 Å². The molecule has 0 aliphatic heterocycles. The van der Waals surface area contributed by atoms with Crippen LogP contribution < -0.4 is 0 Å². The molecule has 1 aromatic rings. The lowest BCUT2D eigenvalue weighted by Crippen LogP contribution is -2.43. The maximum atomic E-state index is 13.0. The molecule has 0 spiro atoms. The van der Waals surface area contributed by atoms with E-state index >= 15 is 0 Å². The number of nitrogens with zero attached hydrogens (tertiary/aromatic N) is 1. The minimum atomic E-state index is -0.286. The van der Waals surface area contributed by atoms with Gasteiger partial charge in [0.05, 0.1) is 0 Å². The Labute approximate surface area is 120 Å². The van der Waals surface area contributed by atoms with E-state index in [1.807, 2.05) is 0 Å². The van der Waals surface area contributed by atoms with Crippen LogP contribution in [0.3, 0.4) is 0 Å². The van der Waals surface area contributed by atoms with Gasteiger partial charge in [-0.25, -0.2) is 4.39 Å². The molecule has 0 heterocycles. The summed E-state index contributed by atoms with van der Waals surface area (Å²) in [5, 5.41) is 0. The molecule has 0 N–H and O–H groups in total. The van der Waals surface area contributed by atoms with Crippen LogP contribution in [-0.2, 0) is 0 Å². The van der Waals surface area contributed by atoms with E-state index in [1.165, 1.54) is 25.0 Å². The number of hydrogen-bond donors (Lipinski definition) is 0. The van der Waals surface area contributed by atoms with Crippen LogP contribution in [-0.4, -0.2) is 22.9 Å². The molecule has 2 aliphatic rings. The second-order valence-electron chi connectivity index (χ2n) is 6.36. The molecule has 2 saturated carbocycles. The van der Waals surface area contributed by atoms with Crippen molar-refractivity contribution in [3.05, 3.63) is 35.6 Å². The Hall–Kier alpha value is -1.38. The predicted octanol–water partition coefficient (Wildman–Crippen LogP) is 4.01. The number of amides is 1. The summed E-state index contributed by atoms with van der Waals surface area (Å²) in [6.07, 6.45) is 6.91. The van der Waals surface area contributed by atoms with Crippen LogP contribution in [0.2, 0.25) is 0 Å². The zero-order chi connectivity index (χ0) is 14.1. The minimum Gasteiger partial charge on any atom is -0.333 e. The van der Waals surface area contributed by atoms with Gasteiger partial charge in [0.25, 0.3) is 5.91 Å². The fourth-order valence-corrected chi connectivity index (χ4v) is 3.24. The van der Waals surface area contributed by atoms with E-state index in [0.29, 0.717) is 17.6 Å². The Morgan fingerprint density at radius 2 is 1.50 bits per heavy atom. The number of benzene rings is 1. The topological polar surface area (TPSA) is 20.3 Å². The molecule has 0 bridgehead atoms. The summed E-state index contributed by atoms with van der Waals surface area (Å²) >= 11 is 0. The maximum absolute atomic E-state index is 13.0. The van der Waals surface area contributed by atoms with Crippen molar-refractivity contribution in [2.75, 3.05) is 0 Å². The number of hydrogen-bond acceptors (Lipinski definition) is 1. The minimum absolute atomic E-state index is 0.0899. The third-order valence-corrected chi connectivity index (χ3v) is 4.64. The van der Waals surface area contributed by atoms with E-state index in [1.54, 1.807) is 12.1 Å². The largest absolute Gasteiger partial charge is 0.333 e. The summed E-state index contributed by atoms with van der Waals surface area (Å²) in [5.41, 5.74) is 0.622. The highest BCUT2D eigenvalue weighted by molar-refractivity contribution is 5.94.